The minimum absolute atomic E-state index is 0.335. The van der Waals surface area contributed by atoms with Crippen molar-refractivity contribution in [3.8, 4) is 0 Å². The molecule has 0 bridgehead atoms. The molecule has 2 atom stereocenters. The maximum Gasteiger partial charge on any atom is 0.0716 e. The van der Waals surface area contributed by atoms with Crippen LogP contribution in [0.1, 0.15) is 51.4 Å². The molecule has 1 saturated heterocycles. The van der Waals surface area contributed by atoms with Gasteiger partial charge in [-0.3, -0.25) is 0 Å². The second-order valence-electron chi connectivity index (χ2n) is 7.52. The number of nitrogens with zero attached hydrogens (tertiary/aromatic N) is 2. The molecule has 3 aliphatic rings. The molecule has 3 nitrogen and oxygen atoms in total. The summed E-state index contributed by atoms with van der Waals surface area (Å²) in [5.74, 6) is 1.13. The van der Waals surface area contributed by atoms with Crippen molar-refractivity contribution in [3.05, 3.63) is 0 Å². The summed E-state index contributed by atoms with van der Waals surface area (Å²) < 4.78 is 0. The van der Waals surface area contributed by atoms with E-state index in [9.17, 15) is 5.11 Å². The summed E-state index contributed by atoms with van der Waals surface area (Å²) in [6.45, 7) is 5.89. The average molecular weight is 280 g/mol. The molecule has 2 unspecified atom stereocenters. The second-order valence-corrected chi connectivity index (χ2v) is 7.52. The van der Waals surface area contributed by atoms with Crippen molar-refractivity contribution in [1.82, 2.24) is 9.80 Å². The number of rotatable bonds is 3. The molecule has 0 radical (unpaired) electrons. The zero-order valence-electron chi connectivity index (χ0n) is 13.2. The van der Waals surface area contributed by atoms with Crippen LogP contribution in [0, 0.1) is 11.8 Å². The Morgan fingerprint density at radius 1 is 0.950 bits per heavy atom. The number of hydrogen-bond acceptors (Lipinski definition) is 3. The summed E-state index contributed by atoms with van der Waals surface area (Å²) in [5.41, 5.74) is -0.335. The van der Waals surface area contributed by atoms with Crippen LogP contribution in [0.2, 0.25) is 0 Å². The fourth-order valence-corrected chi connectivity index (χ4v) is 4.81. The molecule has 0 aromatic carbocycles. The predicted molar refractivity (Wildman–Crippen MR) is 82.8 cm³/mol. The standard InChI is InChI=1S/C17H32N2O/c1-18-10-12-19(13-11-18)14-16-8-4-5-9-17(16,20)15-6-2-3-7-15/h15-16,20H,2-14H2,1H3. The van der Waals surface area contributed by atoms with Gasteiger partial charge in [0.25, 0.3) is 0 Å². The zero-order chi connectivity index (χ0) is 14.0. The highest BCUT2D eigenvalue weighted by Gasteiger charge is 2.46. The van der Waals surface area contributed by atoms with Gasteiger partial charge in [0, 0.05) is 38.6 Å². The van der Waals surface area contributed by atoms with Crippen molar-refractivity contribution in [2.45, 2.75) is 57.0 Å². The summed E-state index contributed by atoms with van der Waals surface area (Å²) in [7, 11) is 2.22. The summed E-state index contributed by atoms with van der Waals surface area (Å²) in [4.78, 5) is 5.02. The van der Waals surface area contributed by atoms with Gasteiger partial charge < -0.3 is 14.9 Å². The molecule has 116 valence electrons. The van der Waals surface area contributed by atoms with Crippen LogP contribution in [0.25, 0.3) is 0 Å². The third-order valence-electron chi connectivity index (χ3n) is 6.22. The number of piperazine rings is 1. The first-order valence-corrected chi connectivity index (χ1v) is 8.82. The molecule has 1 heterocycles. The monoisotopic (exact) mass is 280 g/mol. The normalized spacial score (nSPS) is 38.4. The lowest BCUT2D eigenvalue weighted by atomic mass is 9.67. The molecule has 0 aromatic rings. The van der Waals surface area contributed by atoms with Crippen molar-refractivity contribution in [1.29, 1.82) is 0 Å². The molecular weight excluding hydrogens is 248 g/mol. The van der Waals surface area contributed by atoms with Crippen molar-refractivity contribution < 1.29 is 5.11 Å². The fraction of sp³-hybridized carbons (Fsp3) is 1.00. The van der Waals surface area contributed by atoms with Gasteiger partial charge in [-0.1, -0.05) is 25.7 Å². The van der Waals surface area contributed by atoms with E-state index < -0.39 is 0 Å². The Morgan fingerprint density at radius 2 is 1.60 bits per heavy atom. The molecule has 0 amide bonds. The van der Waals surface area contributed by atoms with Gasteiger partial charge in [0.2, 0.25) is 0 Å². The maximum atomic E-state index is 11.4. The Morgan fingerprint density at radius 3 is 2.30 bits per heavy atom. The van der Waals surface area contributed by atoms with Gasteiger partial charge in [0.15, 0.2) is 0 Å². The minimum atomic E-state index is -0.335. The lowest BCUT2D eigenvalue weighted by Crippen LogP contribution is -2.53. The van der Waals surface area contributed by atoms with E-state index in [1.807, 2.05) is 0 Å². The first-order chi connectivity index (χ1) is 9.68. The van der Waals surface area contributed by atoms with Crippen LogP contribution in [0.5, 0.6) is 0 Å². The first-order valence-electron chi connectivity index (χ1n) is 8.82. The molecule has 0 spiro atoms. The molecule has 3 fully saturated rings. The van der Waals surface area contributed by atoms with Crippen LogP contribution in [0.4, 0.5) is 0 Å². The fourth-order valence-electron chi connectivity index (χ4n) is 4.81. The van der Waals surface area contributed by atoms with Crippen molar-refractivity contribution >= 4 is 0 Å². The molecular formula is C17H32N2O. The van der Waals surface area contributed by atoms with E-state index >= 15 is 0 Å². The van der Waals surface area contributed by atoms with Gasteiger partial charge in [0.05, 0.1) is 5.60 Å². The topological polar surface area (TPSA) is 26.7 Å². The molecule has 0 aromatic heterocycles. The number of aliphatic hydroxyl groups is 1. The molecule has 1 aliphatic heterocycles. The van der Waals surface area contributed by atoms with Crippen LogP contribution in [-0.2, 0) is 0 Å². The van der Waals surface area contributed by atoms with E-state index in [1.54, 1.807) is 0 Å². The van der Waals surface area contributed by atoms with Gasteiger partial charge in [-0.25, -0.2) is 0 Å². The molecule has 1 N–H and O–H groups in total. The van der Waals surface area contributed by atoms with E-state index in [0.717, 1.165) is 13.0 Å². The van der Waals surface area contributed by atoms with Gasteiger partial charge in [-0.2, -0.15) is 0 Å². The number of hydrogen-bond donors (Lipinski definition) is 1. The molecule has 2 saturated carbocycles. The lowest BCUT2D eigenvalue weighted by Gasteiger charge is -2.47. The SMILES string of the molecule is CN1CCN(CC2CCCCC2(O)C2CCCC2)CC1. The highest BCUT2D eigenvalue weighted by Crippen LogP contribution is 2.46. The first kappa shape index (κ1) is 14.8. The van der Waals surface area contributed by atoms with Crippen molar-refractivity contribution in [2.75, 3.05) is 39.8 Å². The molecule has 3 heteroatoms. The Balaban J connectivity index is 1.62. The van der Waals surface area contributed by atoms with E-state index in [2.05, 4.69) is 16.8 Å². The third-order valence-corrected chi connectivity index (χ3v) is 6.22. The molecule has 20 heavy (non-hydrogen) atoms. The third kappa shape index (κ3) is 3.05. The average Bonchev–Trinajstić information content (AvgIpc) is 2.99. The van der Waals surface area contributed by atoms with Crippen LogP contribution in [-0.4, -0.2) is 60.3 Å². The van der Waals surface area contributed by atoms with Crippen molar-refractivity contribution in [3.63, 3.8) is 0 Å². The maximum absolute atomic E-state index is 11.4. The van der Waals surface area contributed by atoms with Crippen LogP contribution in [0.15, 0.2) is 0 Å². The Bertz CT molecular complexity index is 308. The van der Waals surface area contributed by atoms with E-state index in [0.29, 0.717) is 11.8 Å². The van der Waals surface area contributed by atoms with E-state index in [1.165, 1.54) is 71.1 Å². The van der Waals surface area contributed by atoms with Gasteiger partial charge in [0.1, 0.15) is 0 Å². The van der Waals surface area contributed by atoms with Crippen molar-refractivity contribution in [2.24, 2.45) is 11.8 Å². The summed E-state index contributed by atoms with van der Waals surface area (Å²) in [6, 6.07) is 0. The predicted octanol–water partition coefficient (Wildman–Crippen LogP) is 2.35. The number of likely N-dealkylation sites (N-methyl/N-ethyl adjacent to an activating group) is 1. The molecule has 3 rings (SSSR count). The molecule has 2 aliphatic carbocycles. The smallest absolute Gasteiger partial charge is 0.0716 e. The highest BCUT2D eigenvalue weighted by molar-refractivity contribution is 4.98. The Kier molecular flexibility index (Phi) is 4.68. The summed E-state index contributed by atoms with van der Waals surface area (Å²) in [6.07, 6.45) is 10.1. The highest BCUT2D eigenvalue weighted by atomic mass is 16.3. The quantitative estimate of drug-likeness (QED) is 0.859. The Hall–Kier alpha value is -0.120. The summed E-state index contributed by atoms with van der Waals surface area (Å²) >= 11 is 0. The van der Waals surface area contributed by atoms with Crippen LogP contribution < -0.4 is 0 Å². The van der Waals surface area contributed by atoms with Gasteiger partial charge in [-0.15, -0.1) is 0 Å². The van der Waals surface area contributed by atoms with Crippen LogP contribution in [0.3, 0.4) is 0 Å². The zero-order valence-corrected chi connectivity index (χ0v) is 13.2. The van der Waals surface area contributed by atoms with E-state index in [4.69, 9.17) is 0 Å². The minimum Gasteiger partial charge on any atom is -0.389 e. The summed E-state index contributed by atoms with van der Waals surface area (Å²) in [5, 5.41) is 11.4. The van der Waals surface area contributed by atoms with Gasteiger partial charge in [-0.05, 0) is 38.6 Å². The Labute approximate surface area is 124 Å². The second kappa shape index (κ2) is 6.33. The largest absolute Gasteiger partial charge is 0.389 e. The van der Waals surface area contributed by atoms with E-state index in [-0.39, 0.29) is 5.60 Å². The van der Waals surface area contributed by atoms with Crippen LogP contribution >= 0.6 is 0 Å². The lowest BCUT2D eigenvalue weighted by molar-refractivity contribution is -0.103. The van der Waals surface area contributed by atoms with Gasteiger partial charge >= 0.3 is 0 Å².